The van der Waals surface area contributed by atoms with Crippen LogP contribution in [0.5, 0.6) is 0 Å². The highest BCUT2D eigenvalue weighted by molar-refractivity contribution is 5.56. The van der Waals surface area contributed by atoms with Crippen LogP contribution >= 0.6 is 0 Å². The van der Waals surface area contributed by atoms with E-state index in [0.29, 0.717) is 18.1 Å². The third-order valence-electron chi connectivity index (χ3n) is 6.14. The summed E-state index contributed by atoms with van der Waals surface area (Å²) in [5.74, 6) is -4.33. The van der Waals surface area contributed by atoms with E-state index in [1.165, 1.54) is 0 Å². The number of fused-ring (bicyclic) bond motifs is 1. The van der Waals surface area contributed by atoms with Crippen molar-refractivity contribution in [3.63, 3.8) is 0 Å². The normalized spacial score (nSPS) is 14.9. The number of H-pyrrole nitrogens is 1. The summed E-state index contributed by atoms with van der Waals surface area (Å²) in [6.45, 7) is 6.91. The molecular formula is C25H28F3N7O2. The zero-order valence-corrected chi connectivity index (χ0v) is 20.4. The first-order valence-corrected chi connectivity index (χ1v) is 12.1. The second-order valence-electron chi connectivity index (χ2n) is 8.89. The van der Waals surface area contributed by atoms with Crippen molar-refractivity contribution in [3.8, 4) is 0 Å². The quantitative estimate of drug-likeness (QED) is 0.308. The van der Waals surface area contributed by atoms with Crippen LogP contribution in [0.25, 0.3) is 5.65 Å². The highest BCUT2D eigenvalue weighted by atomic mass is 19.3. The Morgan fingerprint density at radius 3 is 2.62 bits per heavy atom. The van der Waals surface area contributed by atoms with E-state index in [-0.39, 0.29) is 18.2 Å². The lowest BCUT2D eigenvalue weighted by Gasteiger charge is -2.26. The number of halogens is 3. The van der Waals surface area contributed by atoms with Crippen molar-refractivity contribution >= 4 is 17.4 Å². The monoisotopic (exact) mass is 515 g/mol. The number of rotatable bonds is 10. The number of aryl methyl sites for hydroxylation is 1. The zero-order chi connectivity index (χ0) is 25.8. The van der Waals surface area contributed by atoms with E-state index in [9.17, 15) is 4.39 Å². The summed E-state index contributed by atoms with van der Waals surface area (Å²) in [4.78, 5) is 10.7. The molecule has 1 aromatic carbocycles. The van der Waals surface area contributed by atoms with Gasteiger partial charge in [-0.3, -0.25) is 14.4 Å². The third kappa shape index (κ3) is 5.76. The molecule has 4 aromatic rings. The summed E-state index contributed by atoms with van der Waals surface area (Å²) >= 11 is 0. The minimum Gasteiger partial charge on any atom is -0.379 e. The Bertz CT molecular complexity index is 1330. The molecule has 0 atom stereocenters. The molecule has 1 aliphatic rings. The van der Waals surface area contributed by atoms with Gasteiger partial charge in [-0.1, -0.05) is 0 Å². The molecule has 0 unspecified atom stereocenters. The number of morpholine rings is 1. The molecular weight excluding hydrogens is 487 g/mol. The van der Waals surface area contributed by atoms with Crippen LogP contribution in [0.15, 0.2) is 42.5 Å². The van der Waals surface area contributed by atoms with Crippen LogP contribution in [0.3, 0.4) is 0 Å². The number of ether oxygens (including phenoxy) is 2. The van der Waals surface area contributed by atoms with Gasteiger partial charge in [-0.2, -0.15) is 18.9 Å². The van der Waals surface area contributed by atoms with Crippen molar-refractivity contribution in [1.29, 1.82) is 0 Å². The Hall–Kier alpha value is -3.48. The molecule has 3 aromatic heterocycles. The summed E-state index contributed by atoms with van der Waals surface area (Å²) in [5, 5.41) is 9.96. The van der Waals surface area contributed by atoms with E-state index >= 15 is 8.78 Å². The number of aromatic nitrogens is 5. The summed E-state index contributed by atoms with van der Waals surface area (Å²) < 4.78 is 57.0. The topological polar surface area (TPSA) is 92.6 Å². The Kier molecular flexibility index (Phi) is 7.40. The van der Waals surface area contributed by atoms with Gasteiger partial charge in [-0.15, -0.1) is 0 Å². The molecule has 0 bridgehead atoms. The summed E-state index contributed by atoms with van der Waals surface area (Å²) in [6.07, 6.45) is 0.867. The molecule has 2 N–H and O–H groups in total. The molecule has 9 nitrogen and oxygen atoms in total. The number of hydrogen-bond acceptors (Lipinski definition) is 7. The number of hydrogen-bond donors (Lipinski definition) is 2. The molecule has 1 saturated heterocycles. The van der Waals surface area contributed by atoms with E-state index in [0.717, 1.165) is 69.2 Å². The fraction of sp³-hybridized carbons (Fsp3) is 0.400. The fourth-order valence-corrected chi connectivity index (χ4v) is 4.20. The average molecular weight is 516 g/mol. The number of benzene rings is 1. The van der Waals surface area contributed by atoms with Crippen LogP contribution in [0.4, 0.5) is 24.9 Å². The Morgan fingerprint density at radius 1 is 1.11 bits per heavy atom. The first-order valence-electron chi connectivity index (χ1n) is 12.1. The maximum Gasteiger partial charge on any atom is 0.331 e. The van der Waals surface area contributed by atoms with Gasteiger partial charge >= 0.3 is 5.92 Å². The van der Waals surface area contributed by atoms with Gasteiger partial charge in [0, 0.05) is 43.6 Å². The lowest BCUT2D eigenvalue weighted by molar-refractivity contribution is 0.0307. The molecule has 1 aliphatic heterocycles. The summed E-state index contributed by atoms with van der Waals surface area (Å²) in [6, 6.07) is 9.17. The van der Waals surface area contributed by atoms with Crippen molar-refractivity contribution in [3.05, 3.63) is 71.1 Å². The predicted octanol–water partition coefficient (Wildman–Crippen LogP) is 4.02. The van der Waals surface area contributed by atoms with Gasteiger partial charge in [0.1, 0.15) is 11.5 Å². The molecule has 37 heavy (non-hydrogen) atoms. The largest absolute Gasteiger partial charge is 0.379 e. The SMILES string of the molecule is Cc1cc(Nc2nc(C(F)(F)c3ccc(F)cc3)nc3ccc(COCCCN4CCOCC4)n23)n[nH]1. The van der Waals surface area contributed by atoms with Crippen LogP contribution in [0, 0.1) is 12.7 Å². The van der Waals surface area contributed by atoms with E-state index in [4.69, 9.17) is 9.47 Å². The molecule has 5 rings (SSSR count). The molecule has 0 aliphatic carbocycles. The molecule has 1 fully saturated rings. The van der Waals surface area contributed by atoms with Crippen molar-refractivity contribution < 1.29 is 22.6 Å². The Balaban J connectivity index is 1.38. The van der Waals surface area contributed by atoms with E-state index < -0.39 is 23.1 Å². The molecule has 4 heterocycles. The average Bonchev–Trinajstić information content (AvgIpc) is 3.50. The third-order valence-corrected chi connectivity index (χ3v) is 6.14. The van der Waals surface area contributed by atoms with Gasteiger partial charge < -0.3 is 14.8 Å². The first kappa shape index (κ1) is 25.2. The van der Waals surface area contributed by atoms with Crippen molar-refractivity contribution in [2.24, 2.45) is 0 Å². The first-order chi connectivity index (χ1) is 17.9. The van der Waals surface area contributed by atoms with Gasteiger partial charge in [0.2, 0.25) is 11.8 Å². The highest BCUT2D eigenvalue weighted by Crippen LogP contribution is 2.35. The van der Waals surface area contributed by atoms with Crippen LogP contribution in [-0.2, 0) is 22.0 Å². The van der Waals surface area contributed by atoms with Crippen LogP contribution in [0.1, 0.15) is 29.2 Å². The smallest absolute Gasteiger partial charge is 0.331 e. The van der Waals surface area contributed by atoms with Crippen molar-refractivity contribution in [1.82, 2.24) is 29.5 Å². The minimum atomic E-state index is -3.55. The molecule has 0 saturated carbocycles. The number of alkyl halides is 2. The molecule has 0 amide bonds. The predicted molar refractivity (Wildman–Crippen MR) is 131 cm³/mol. The lowest BCUT2D eigenvalue weighted by Crippen LogP contribution is -2.37. The highest BCUT2D eigenvalue weighted by Gasteiger charge is 2.38. The van der Waals surface area contributed by atoms with E-state index in [2.05, 4.69) is 30.4 Å². The Morgan fingerprint density at radius 2 is 1.89 bits per heavy atom. The maximum absolute atomic E-state index is 15.4. The van der Waals surface area contributed by atoms with Gasteiger partial charge in [0.05, 0.1) is 25.5 Å². The second-order valence-corrected chi connectivity index (χ2v) is 8.89. The van der Waals surface area contributed by atoms with E-state index in [1.54, 1.807) is 22.6 Å². The minimum absolute atomic E-state index is 0.116. The maximum atomic E-state index is 15.4. The standard InChI is InChI=1S/C25H28F3N7O2/c1-17-15-21(33-32-17)29-24-31-23(25(27,28)18-3-5-19(26)6-4-18)30-22-8-7-20(35(22)24)16-37-12-2-9-34-10-13-36-14-11-34/h3-8,15H,2,9-14,16H2,1H3,(H2,29,30,31,32,33). The second kappa shape index (κ2) is 10.9. The number of aromatic amines is 1. The molecule has 0 radical (unpaired) electrons. The van der Waals surface area contributed by atoms with Gasteiger partial charge in [-0.05, 0) is 49.7 Å². The fourth-order valence-electron chi connectivity index (χ4n) is 4.20. The number of nitrogens with zero attached hydrogens (tertiary/aromatic N) is 5. The molecule has 0 spiro atoms. The van der Waals surface area contributed by atoms with Crippen LogP contribution < -0.4 is 5.32 Å². The lowest BCUT2D eigenvalue weighted by atomic mass is 10.1. The summed E-state index contributed by atoms with van der Waals surface area (Å²) in [7, 11) is 0. The van der Waals surface area contributed by atoms with Crippen molar-refractivity contribution in [2.75, 3.05) is 44.8 Å². The number of nitrogens with one attached hydrogen (secondary N) is 2. The van der Waals surface area contributed by atoms with Gasteiger partial charge in [0.15, 0.2) is 5.82 Å². The van der Waals surface area contributed by atoms with Crippen LogP contribution in [0.2, 0.25) is 0 Å². The van der Waals surface area contributed by atoms with E-state index in [1.807, 2.05) is 6.92 Å². The van der Waals surface area contributed by atoms with Crippen molar-refractivity contribution in [2.45, 2.75) is 25.9 Å². The molecule has 12 heteroatoms. The van der Waals surface area contributed by atoms with Crippen LogP contribution in [-0.4, -0.2) is 68.9 Å². The van der Waals surface area contributed by atoms with Gasteiger partial charge in [0.25, 0.3) is 0 Å². The summed E-state index contributed by atoms with van der Waals surface area (Å²) in [5.41, 5.74) is 1.36. The zero-order valence-electron chi connectivity index (χ0n) is 20.4. The Labute approximate surface area is 211 Å². The molecule has 196 valence electrons. The van der Waals surface area contributed by atoms with Gasteiger partial charge in [-0.25, -0.2) is 9.37 Å². The number of anilines is 2.